The van der Waals surface area contributed by atoms with Crippen molar-refractivity contribution in [1.82, 2.24) is 0 Å². The molecule has 0 unspecified atom stereocenters. The highest BCUT2D eigenvalue weighted by Crippen LogP contribution is 1.97. The maximum Gasteiger partial charge on any atom is 0.330 e. The van der Waals surface area contributed by atoms with Gasteiger partial charge in [-0.2, -0.15) is 0 Å². The number of hydrogen-bond donors (Lipinski definition) is 0. The maximum absolute atomic E-state index is 10.8. The van der Waals surface area contributed by atoms with Crippen molar-refractivity contribution >= 4 is 21.4 Å². The van der Waals surface area contributed by atoms with Gasteiger partial charge in [-0.25, -0.2) is 4.79 Å². The highest BCUT2D eigenvalue weighted by Gasteiger charge is 1.99. The third-order valence-corrected chi connectivity index (χ3v) is 2.77. The second kappa shape index (κ2) is 4.62. The maximum atomic E-state index is 10.8. The molecule has 3 heteroatoms. The first-order chi connectivity index (χ1) is 6.24. The lowest BCUT2D eigenvalue weighted by Gasteiger charge is -2.04. The smallest absolute Gasteiger partial charge is 0.330 e. The van der Waals surface area contributed by atoms with E-state index in [1.807, 2.05) is 24.3 Å². The number of ether oxygens (including phenoxy) is 1. The number of carbonyl (C=O) groups excluding carboxylic acids is 1. The summed E-state index contributed by atoms with van der Waals surface area (Å²) >= 11 is 0. The van der Waals surface area contributed by atoms with Crippen molar-refractivity contribution in [2.45, 2.75) is 6.61 Å². The van der Waals surface area contributed by atoms with Crippen molar-refractivity contribution in [3.8, 4) is 0 Å². The predicted octanol–water partition coefficient (Wildman–Crippen LogP) is -0.0935. The largest absolute Gasteiger partial charge is 0.458 e. The fraction of sp³-hybridized carbons (Fsp3) is 0.100. The molecule has 1 rings (SSSR count). The summed E-state index contributed by atoms with van der Waals surface area (Å²) in [5.74, 6) is -0.370. The Hall–Kier alpha value is -1.35. The molecule has 0 aliphatic heterocycles. The van der Waals surface area contributed by atoms with Crippen LogP contribution in [0.5, 0.6) is 0 Å². The van der Waals surface area contributed by atoms with Crippen molar-refractivity contribution < 1.29 is 9.53 Å². The van der Waals surface area contributed by atoms with Crippen LogP contribution >= 0.6 is 0 Å². The summed E-state index contributed by atoms with van der Waals surface area (Å²) in [4.78, 5) is 10.8. The molecule has 0 aliphatic rings. The van der Waals surface area contributed by atoms with Crippen LogP contribution in [0.4, 0.5) is 0 Å². The monoisotopic (exact) mass is 192 g/mol. The first kappa shape index (κ1) is 9.73. The van der Waals surface area contributed by atoms with Gasteiger partial charge in [0.05, 0.1) is 0 Å². The van der Waals surface area contributed by atoms with E-state index >= 15 is 0 Å². The summed E-state index contributed by atoms with van der Waals surface area (Å²) < 4.78 is 4.92. The second-order valence-corrected chi connectivity index (χ2v) is 3.82. The molecule has 0 radical (unpaired) electrons. The van der Waals surface area contributed by atoms with Crippen molar-refractivity contribution in [1.29, 1.82) is 0 Å². The van der Waals surface area contributed by atoms with Gasteiger partial charge in [-0.05, 0) is 5.56 Å². The Bertz CT molecular complexity index is 320. The topological polar surface area (TPSA) is 26.3 Å². The molecule has 0 bridgehead atoms. The Balaban J connectivity index is 2.59. The predicted molar refractivity (Wildman–Crippen MR) is 56.0 cm³/mol. The van der Waals surface area contributed by atoms with Crippen LogP contribution in [-0.4, -0.2) is 16.2 Å². The Morgan fingerprint density at radius 1 is 1.54 bits per heavy atom. The quantitative estimate of drug-likeness (QED) is 0.380. The highest BCUT2D eigenvalue weighted by molar-refractivity contribution is 6.33. The molecule has 2 nitrogen and oxygen atoms in total. The zero-order valence-corrected chi connectivity index (χ0v) is 9.62. The molecule has 1 aromatic carbocycles. The average Bonchev–Trinajstić information content (AvgIpc) is 2.16. The molecule has 0 spiro atoms. The zero-order valence-electron chi connectivity index (χ0n) is 7.62. The molecule has 0 aromatic heterocycles. The molecular weight excluding hydrogens is 180 g/mol. The molecule has 1 aromatic rings. The molecule has 0 atom stereocenters. The first-order valence-corrected chi connectivity index (χ1v) is 5.07. The van der Waals surface area contributed by atoms with Gasteiger partial charge >= 0.3 is 5.97 Å². The summed E-state index contributed by atoms with van der Waals surface area (Å²) in [5.41, 5.74) is 1.09. The fourth-order valence-corrected chi connectivity index (χ4v) is 1.48. The number of benzene rings is 1. The van der Waals surface area contributed by atoms with E-state index in [-0.39, 0.29) is 5.97 Å². The molecule has 0 aliphatic carbocycles. The van der Waals surface area contributed by atoms with Crippen LogP contribution in [-0.2, 0) is 16.1 Å². The van der Waals surface area contributed by atoms with Gasteiger partial charge in [-0.15, -0.1) is 0 Å². The van der Waals surface area contributed by atoms with Gasteiger partial charge in [0, 0.05) is 16.3 Å². The molecule has 0 N–H and O–H groups in total. The van der Waals surface area contributed by atoms with E-state index in [4.69, 9.17) is 4.74 Å². The van der Waals surface area contributed by atoms with Crippen LogP contribution in [0.15, 0.2) is 36.9 Å². The van der Waals surface area contributed by atoms with E-state index in [2.05, 4.69) is 6.58 Å². The van der Waals surface area contributed by atoms with E-state index in [0.717, 1.165) is 15.8 Å². The molecule has 0 amide bonds. The SMILES string of the molecule is C=CC(=O)OCc1ccccc1[SiH3]. The Kier molecular flexibility index (Phi) is 3.46. The average molecular weight is 192 g/mol. The van der Waals surface area contributed by atoms with Crippen molar-refractivity contribution in [3.05, 3.63) is 42.5 Å². The van der Waals surface area contributed by atoms with Crippen LogP contribution in [0.25, 0.3) is 0 Å². The lowest BCUT2D eigenvalue weighted by molar-refractivity contribution is -0.138. The van der Waals surface area contributed by atoms with E-state index in [0.29, 0.717) is 6.61 Å². The minimum atomic E-state index is -0.370. The van der Waals surface area contributed by atoms with Gasteiger partial charge in [0.2, 0.25) is 0 Å². The van der Waals surface area contributed by atoms with E-state index < -0.39 is 0 Å². The van der Waals surface area contributed by atoms with Gasteiger partial charge < -0.3 is 4.74 Å². The Morgan fingerprint density at radius 2 is 2.23 bits per heavy atom. The molecule has 0 saturated carbocycles. The third-order valence-electron chi connectivity index (χ3n) is 1.80. The molecule has 0 heterocycles. The normalized spacial score (nSPS) is 9.54. The van der Waals surface area contributed by atoms with Crippen LogP contribution in [0, 0.1) is 0 Å². The van der Waals surface area contributed by atoms with Crippen molar-refractivity contribution in [2.24, 2.45) is 0 Å². The number of esters is 1. The van der Waals surface area contributed by atoms with Crippen molar-refractivity contribution in [3.63, 3.8) is 0 Å². The molecular formula is C10H12O2Si. The Morgan fingerprint density at radius 3 is 2.85 bits per heavy atom. The van der Waals surface area contributed by atoms with Crippen LogP contribution in [0.3, 0.4) is 0 Å². The van der Waals surface area contributed by atoms with Gasteiger partial charge in [0.1, 0.15) is 6.61 Å². The number of rotatable bonds is 3. The van der Waals surface area contributed by atoms with Gasteiger partial charge in [0.25, 0.3) is 0 Å². The van der Waals surface area contributed by atoms with Gasteiger partial charge in [-0.1, -0.05) is 36.0 Å². The minimum absolute atomic E-state index is 0.352. The first-order valence-electron chi connectivity index (χ1n) is 4.07. The van der Waals surface area contributed by atoms with Gasteiger partial charge in [0.15, 0.2) is 0 Å². The minimum Gasteiger partial charge on any atom is -0.458 e. The highest BCUT2D eigenvalue weighted by atomic mass is 28.1. The van der Waals surface area contributed by atoms with E-state index in [1.54, 1.807) is 0 Å². The molecule has 0 fully saturated rings. The van der Waals surface area contributed by atoms with Crippen molar-refractivity contribution in [2.75, 3.05) is 0 Å². The van der Waals surface area contributed by atoms with E-state index in [1.165, 1.54) is 11.3 Å². The molecule has 68 valence electrons. The standard InChI is InChI=1S/C10H12O2Si/c1-2-10(11)12-7-8-5-3-4-6-9(8)13/h2-6H,1,7H2,13H3. The summed E-state index contributed by atoms with van der Waals surface area (Å²) in [6.45, 7) is 3.68. The lowest BCUT2D eigenvalue weighted by Crippen LogP contribution is -2.12. The zero-order chi connectivity index (χ0) is 9.68. The number of carbonyl (C=O) groups is 1. The lowest BCUT2D eigenvalue weighted by atomic mass is 10.2. The fourth-order valence-electron chi connectivity index (χ4n) is 0.980. The summed E-state index contributed by atoms with van der Waals surface area (Å²) in [7, 11) is 0.970. The number of hydrogen-bond acceptors (Lipinski definition) is 2. The van der Waals surface area contributed by atoms with Gasteiger partial charge in [-0.3, -0.25) is 0 Å². The third kappa shape index (κ3) is 2.87. The second-order valence-electron chi connectivity index (χ2n) is 2.74. The molecule has 0 saturated heterocycles. The van der Waals surface area contributed by atoms with Crippen LogP contribution < -0.4 is 5.19 Å². The van der Waals surface area contributed by atoms with E-state index in [9.17, 15) is 4.79 Å². The summed E-state index contributed by atoms with van der Waals surface area (Å²) in [6.07, 6.45) is 1.18. The van der Waals surface area contributed by atoms with Crippen LogP contribution in [0.1, 0.15) is 5.56 Å². The summed E-state index contributed by atoms with van der Waals surface area (Å²) in [6, 6.07) is 7.95. The Labute approximate surface area is 80.6 Å². The van der Waals surface area contributed by atoms with Crippen LogP contribution in [0.2, 0.25) is 0 Å². The molecule has 13 heavy (non-hydrogen) atoms. The summed E-state index contributed by atoms with van der Waals surface area (Å²) in [5, 5.41) is 1.26.